The maximum absolute atomic E-state index is 15.0. The van der Waals surface area contributed by atoms with Crippen molar-refractivity contribution in [1.82, 2.24) is 19.4 Å². The number of hydrogen-bond acceptors (Lipinski definition) is 4. The van der Waals surface area contributed by atoms with Gasteiger partial charge in [-0.3, -0.25) is 4.79 Å². The summed E-state index contributed by atoms with van der Waals surface area (Å²) in [6, 6.07) is 8.35. The number of carbonyl (C=O) groups is 1. The van der Waals surface area contributed by atoms with Crippen molar-refractivity contribution < 1.29 is 13.9 Å². The predicted octanol–water partition coefficient (Wildman–Crippen LogP) is 4.32. The fourth-order valence-corrected chi connectivity index (χ4v) is 3.73. The van der Waals surface area contributed by atoms with Crippen LogP contribution in [-0.2, 0) is 6.67 Å². The van der Waals surface area contributed by atoms with E-state index >= 15 is 4.39 Å². The van der Waals surface area contributed by atoms with Crippen LogP contribution in [0.2, 0.25) is 0 Å². The minimum absolute atomic E-state index is 0.0722. The van der Waals surface area contributed by atoms with Crippen LogP contribution in [0.4, 0.5) is 4.39 Å². The van der Waals surface area contributed by atoms with Crippen molar-refractivity contribution in [2.75, 3.05) is 6.54 Å². The molecule has 0 spiro atoms. The second kappa shape index (κ2) is 6.69. The molecule has 29 heavy (non-hydrogen) atoms. The number of fused-ring (bicyclic) bond motifs is 1. The highest BCUT2D eigenvalue weighted by Gasteiger charge is 2.36. The number of imidazole rings is 1. The molecule has 6 nitrogen and oxygen atoms in total. The molecule has 1 aliphatic carbocycles. The van der Waals surface area contributed by atoms with Gasteiger partial charge in [-0.05, 0) is 50.3 Å². The Hall–Kier alpha value is -3.22. The first-order valence-electron chi connectivity index (χ1n) is 9.76. The average molecular weight is 392 g/mol. The number of aryl methyl sites for hydroxylation is 2. The highest BCUT2D eigenvalue weighted by Crippen LogP contribution is 2.36. The minimum atomic E-state index is -0.423. The lowest BCUT2D eigenvalue weighted by molar-refractivity contribution is 0.0758. The summed E-state index contributed by atoms with van der Waals surface area (Å²) in [6.07, 6.45) is 4.04. The molecule has 2 aliphatic rings. The van der Waals surface area contributed by atoms with E-state index in [1.165, 1.54) is 18.9 Å². The normalized spacial score (nSPS) is 15.7. The number of benzene rings is 1. The van der Waals surface area contributed by atoms with Crippen LogP contribution in [0.3, 0.4) is 0 Å². The van der Waals surface area contributed by atoms with Gasteiger partial charge in [0.2, 0.25) is 11.7 Å². The van der Waals surface area contributed by atoms with E-state index in [4.69, 9.17) is 4.74 Å². The van der Waals surface area contributed by atoms with Crippen molar-refractivity contribution in [3.05, 3.63) is 59.4 Å². The third-order valence-corrected chi connectivity index (χ3v) is 5.41. The highest BCUT2D eigenvalue weighted by atomic mass is 19.1. The van der Waals surface area contributed by atoms with Gasteiger partial charge in [0.15, 0.2) is 0 Å². The number of aromatic nitrogens is 3. The summed E-state index contributed by atoms with van der Waals surface area (Å²) >= 11 is 0. The van der Waals surface area contributed by atoms with Gasteiger partial charge in [0, 0.05) is 30.4 Å². The van der Waals surface area contributed by atoms with Crippen LogP contribution in [0.15, 0.2) is 36.5 Å². The van der Waals surface area contributed by atoms with Gasteiger partial charge < -0.3 is 14.2 Å². The molecular weight excluding hydrogens is 371 g/mol. The largest absolute Gasteiger partial charge is 0.439 e. The van der Waals surface area contributed by atoms with Gasteiger partial charge in [-0.2, -0.15) is 0 Å². The first-order valence-corrected chi connectivity index (χ1v) is 9.76. The molecule has 0 saturated heterocycles. The van der Waals surface area contributed by atoms with Crippen molar-refractivity contribution in [3.63, 3.8) is 0 Å². The fraction of sp³-hybridized carbons (Fsp3) is 0.318. The number of amides is 1. The zero-order chi connectivity index (χ0) is 20.1. The van der Waals surface area contributed by atoms with Crippen LogP contribution >= 0.6 is 0 Å². The van der Waals surface area contributed by atoms with Crippen LogP contribution in [0.5, 0.6) is 11.6 Å². The number of nitrogens with zero attached hydrogens (tertiary/aromatic N) is 4. The summed E-state index contributed by atoms with van der Waals surface area (Å²) in [7, 11) is 0. The zero-order valence-corrected chi connectivity index (χ0v) is 16.4. The summed E-state index contributed by atoms with van der Waals surface area (Å²) in [5.41, 5.74) is 2.72. The van der Waals surface area contributed by atoms with Crippen LogP contribution in [-0.4, -0.2) is 31.9 Å². The quantitative estimate of drug-likeness (QED) is 0.649. The standard InChI is InChI=1S/C22H21FN4O2/c1-13-3-8-19(24-10-13)29-16-6-7-17(18(23)9-16)20-14(2)25-21-22(28)26(12-27(20)21)11-15-4-5-15/h3,6-10,15H,4-5,11-12H2,1-2H3. The third kappa shape index (κ3) is 3.26. The number of rotatable bonds is 5. The molecule has 1 aliphatic heterocycles. The lowest BCUT2D eigenvalue weighted by Gasteiger charge is -2.16. The first-order chi connectivity index (χ1) is 14.0. The van der Waals surface area contributed by atoms with Gasteiger partial charge in [-0.25, -0.2) is 14.4 Å². The maximum atomic E-state index is 15.0. The van der Waals surface area contributed by atoms with Crippen LogP contribution in [0.1, 0.15) is 34.7 Å². The average Bonchev–Trinajstić information content (AvgIpc) is 3.39. The van der Waals surface area contributed by atoms with E-state index in [9.17, 15) is 4.79 Å². The van der Waals surface area contributed by atoms with Crippen molar-refractivity contribution in [2.45, 2.75) is 33.4 Å². The minimum Gasteiger partial charge on any atom is -0.439 e. The Kier molecular flexibility index (Phi) is 4.12. The van der Waals surface area contributed by atoms with Crippen LogP contribution < -0.4 is 4.74 Å². The molecule has 1 saturated carbocycles. The van der Waals surface area contributed by atoms with Crippen LogP contribution in [0, 0.1) is 25.6 Å². The molecule has 0 bridgehead atoms. The van der Waals surface area contributed by atoms with E-state index in [-0.39, 0.29) is 5.91 Å². The Morgan fingerprint density at radius 3 is 2.72 bits per heavy atom. The van der Waals surface area contributed by atoms with Crippen molar-refractivity contribution >= 4 is 5.91 Å². The number of hydrogen-bond donors (Lipinski definition) is 0. The van der Waals surface area contributed by atoms with Gasteiger partial charge in [0.1, 0.15) is 11.6 Å². The summed E-state index contributed by atoms with van der Waals surface area (Å²) in [6.45, 7) is 4.92. The molecular formula is C22H21FN4O2. The SMILES string of the molecule is Cc1ccc(Oc2ccc(-c3c(C)nc4n3CN(CC3CC3)C4=O)c(F)c2)nc1. The van der Waals surface area contributed by atoms with Crippen molar-refractivity contribution in [2.24, 2.45) is 5.92 Å². The van der Waals surface area contributed by atoms with E-state index in [1.54, 1.807) is 36.2 Å². The summed E-state index contributed by atoms with van der Waals surface area (Å²) in [4.78, 5) is 23.1. The zero-order valence-electron chi connectivity index (χ0n) is 16.4. The van der Waals surface area contributed by atoms with Crippen molar-refractivity contribution in [3.8, 4) is 22.9 Å². The van der Waals surface area contributed by atoms with E-state index in [0.29, 0.717) is 47.0 Å². The third-order valence-electron chi connectivity index (χ3n) is 5.41. The molecule has 3 aromatic rings. The molecule has 7 heteroatoms. The number of carbonyl (C=O) groups excluding carboxylic acids is 1. The van der Waals surface area contributed by atoms with Gasteiger partial charge in [0.05, 0.1) is 18.1 Å². The second-order valence-corrected chi connectivity index (χ2v) is 7.83. The molecule has 1 amide bonds. The number of ether oxygens (including phenoxy) is 1. The van der Waals surface area contributed by atoms with E-state index in [1.807, 2.05) is 17.6 Å². The fourth-order valence-electron chi connectivity index (χ4n) is 3.73. The molecule has 0 N–H and O–H groups in total. The molecule has 1 fully saturated rings. The highest BCUT2D eigenvalue weighted by molar-refractivity contribution is 5.94. The van der Waals surface area contributed by atoms with E-state index < -0.39 is 5.82 Å². The smallest absolute Gasteiger partial charge is 0.291 e. The van der Waals surface area contributed by atoms with E-state index in [2.05, 4.69) is 9.97 Å². The summed E-state index contributed by atoms with van der Waals surface area (Å²) in [5.74, 6) is 1.27. The molecule has 148 valence electrons. The summed E-state index contributed by atoms with van der Waals surface area (Å²) < 4.78 is 22.5. The van der Waals surface area contributed by atoms with Crippen molar-refractivity contribution in [1.29, 1.82) is 0 Å². The Morgan fingerprint density at radius 1 is 1.21 bits per heavy atom. The molecule has 1 aromatic carbocycles. The Balaban J connectivity index is 1.44. The Morgan fingerprint density at radius 2 is 2.03 bits per heavy atom. The molecule has 0 unspecified atom stereocenters. The van der Waals surface area contributed by atoms with E-state index in [0.717, 1.165) is 12.1 Å². The number of pyridine rings is 1. The Bertz CT molecular complexity index is 1100. The lowest BCUT2D eigenvalue weighted by Crippen LogP contribution is -2.27. The molecule has 5 rings (SSSR count). The van der Waals surface area contributed by atoms with Gasteiger partial charge >= 0.3 is 0 Å². The van der Waals surface area contributed by atoms with Gasteiger partial charge in [-0.15, -0.1) is 0 Å². The second-order valence-electron chi connectivity index (χ2n) is 7.83. The molecule has 2 aromatic heterocycles. The summed E-state index contributed by atoms with van der Waals surface area (Å²) in [5, 5.41) is 0. The lowest BCUT2D eigenvalue weighted by atomic mass is 10.1. The van der Waals surface area contributed by atoms with Crippen LogP contribution in [0.25, 0.3) is 11.3 Å². The van der Waals surface area contributed by atoms with Gasteiger partial charge in [0.25, 0.3) is 5.91 Å². The predicted molar refractivity (Wildman–Crippen MR) is 105 cm³/mol. The van der Waals surface area contributed by atoms with Gasteiger partial charge in [-0.1, -0.05) is 6.07 Å². The number of halogens is 1. The Labute approximate surface area is 168 Å². The molecule has 0 atom stereocenters. The monoisotopic (exact) mass is 392 g/mol. The first kappa shape index (κ1) is 17.8. The topological polar surface area (TPSA) is 60.2 Å². The molecule has 0 radical (unpaired) electrons. The molecule has 3 heterocycles. The maximum Gasteiger partial charge on any atom is 0.291 e.